The summed E-state index contributed by atoms with van der Waals surface area (Å²) in [5.74, 6) is -1.15. The van der Waals surface area contributed by atoms with Crippen molar-refractivity contribution >= 4 is 22.5 Å². The Morgan fingerprint density at radius 2 is 1.89 bits per heavy atom. The van der Waals surface area contributed by atoms with Crippen molar-refractivity contribution in [3.8, 4) is 5.69 Å². The van der Waals surface area contributed by atoms with Crippen molar-refractivity contribution in [2.75, 3.05) is 5.32 Å². The maximum absolute atomic E-state index is 14.2. The number of anilines is 1. The van der Waals surface area contributed by atoms with Crippen LogP contribution in [0.5, 0.6) is 0 Å². The molecule has 0 radical (unpaired) electrons. The van der Waals surface area contributed by atoms with E-state index in [1.54, 1.807) is 25.1 Å². The largest absolute Gasteiger partial charge is 0.349 e. The Hall–Kier alpha value is -3.74. The standard InChI is InChI=1S/C21H17FN4O2/c1-13-12-18(27)19(24-26(13)17-9-4-3-7-15(17)22)21(28)23-16-8-5-6-14-10-11-25(2)20(14)16/h3-12H,1-2H3,(H,23,28). The number of para-hydroxylation sites is 2. The van der Waals surface area contributed by atoms with Crippen LogP contribution in [-0.2, 0) is 7.05 Å². The van der Waals surface area contributed by atoms with E-state index in [0.29, 0.717) is 11.4 Å². The molecule has 4 aromatic rings. The first-order valence-corrected chi connectivity index (χ1v) is 8.67. The number of carbonyl (C=O) groups is 1. The van der Waals surface area contributed by atoms with Gasteiger partial charge in [0.15, 0.2) is 5.69 Å². The van der Waals surface area contributed by atoms with Crippen LogP contribution in [-0.4, -0.2) is 20.3 Å². The molecule has 2 heterocycles. The van der Waals surface area contributed by atoms with Gasteiger partial charge < -0.3 is 9.88 Å². The topological polar surface area (TPSA) is 68.9 Å². The predicted molar refractivity (Wildman–Crippen MR) is 105 cm³/mol. The molecule has 1 amide bonds. The fraction of sp³-hybridized carbons (Fsp3) is 0.0952. The van der Waals surface area contributed by atoms with Gasteiger partial charge in [-0.15, -0.1) is 0 Å². The Morgan fingerprint density at radius 3 is 2.68 bits per heavy atom. The van der Waals surface area contributed by atoms with Gasteiger partial charge in [0.1, 0.15) is 11.5 Å². The van der Waals surface area contributed by atoms with Crippen LogP contribution in [0.2, 0.25) is 0 Å². The average molecular weight is 376 g/mol. The number of hydrogen-bond donors (Lipinski definition) is 1. The molecule has 4 rings (SSSR count). The van der Waals surface area contributed by atoms with Gasteiger partial charge in [-0.2, -0.15) is 5.10 Å². The SMILES string of the molecule is Cc1cc(=O)c(C(=O)Nc2cccc3ccn(C)c23)nn1-c1ccccc1F. The molecule has 2 aromatic heterocycles. The lowest BCUT2D eigenvalue weighted by Gasteiger charge is -2.12. The highest BCUT2D eigenvalue weighted by Gasteiger charge is 2.18. The van der Waals surface area contributed by atoms with E-state index in [1.807, 2.05) is 36.0 Å². The highest BCUT2D eigenvalue weighted by atomic mass is 19.1. The molecule has 1 N–H and O–H groups in total. The molecule has 140 valence electrons. The van der Waals surface area contributed by atoms with Crippen molar-refractivity contribution < 1.29 is 9.18 Å². The first kappa shape index (κ1) is 17.7. The summed E-state index contributed by atoms with van der Waals surface area (Å²) >= 11 is 0. The number of amides is 1. The monoisotopic (exact) mass is 376 g/mol. The third-order valence-electron chi connectivity index (χ3n) is 4.55. The molecule has 0 unspecified atom stereocenters. The molecule has 0 spiro atoms. The third-order valence-corrected chi connectivity index (χ3v) is 4.55. The van der Waals surface area contributed by atoms with Crippen LogP contribution in [0.1, 0.15) is 16.2 Å². The van der Waals surface area contributed by atoms with E-state index in [4.69, 9.17) is 0 Å². The van der Waals surface area contributed by atoms with E-state index in [9.17, 15) is 14.0 Å². The number of halogens is 1. The second-order valence-corrected chi connectivity index (χ2v) is 6.49. The van der Waals surface area contributed by atoms with Crippen molar-refractivity contribution in [1.29, 1.82) is 0 Å². The summed E-state index contributed by atoms with van der Waals surface area (Å²) in [6, 6.07) is 14.8. The summed E-state index contributed by atoms with van der Waals surface area (Å²) in [5.41, 5.74) is 1.16. The van der Waals surface area contributed by atoms with E-state index in [1.165, 1.54) is 22.9 Å². The van der Waals surface area contributed by atoms with Crippen LogP contribution >= 0.6 is 0 Å². The lowest BCUT2D eigenvalue weighted by molar-refractivity contribution is 0.101. The van der Waals surface area contributed by atoms with Gasteiger partial charge in [0.25, 0.3) is 5.91 Å². The van der Waals surface area contributed by atoms with E-state index < -0.39 is 17.2 Å². The fourth-order valence-electron chi connectivity index (χ4n) is 3.21. The zero-order chi connectivity index (χ0) is 19.8. The van der Waals surface area contributed by atoms with E-state index in [0.717, 1.165) is 10.9 Å². The lowest BCUT2D eigenvalue weighted by atomic mass is 10.2. The van der Waals surface area contributed by atoms with Gasteiger partial charge in [0, 0.05) is 30.4 Å². The molecule has 0 aliphatic heterocycles. The number of aromatic nitrogens is 3. The van der Waals surface area contributed by atoms with Gasteiger partial charge in [-0.25, -0.2) is 9.07 Å². The summed E-state index contributed by atoms with van der Waals surface area (Å²) in [6.07, 6.45) is 1.88. The average Bonchev–Trinajstić information content (AvgIpc) is 3.05. The maximum atomic E-state index is 14.2. The summed E-state index contributed by atoms with van der Waals surface area (Å²) in [5, 5.41) is 7.85. The molecule has 0 saturated heterocycles. The molecule has 28 heavy (non-hydrogen) atoms. The molecule has 0 aliphatic rings. The Balaban J connectivity index is 1.78. The second-order valence-electron chi connectivity index (χ2n) is 6.49. The van der Waals surface area contributed by atoms with E-state index in [-0.39, 0.29) is 11.4 Å². The minimum absolute atomic E-state index is 0.165. The summed E-state index contributed by atoms with van der Waals surface area (Å²) < 4.78 is 17.3. The number of nitrogens with zero attached hydrogens (tertiary/aromatic N) is 3. The molecule has 2 aromatic carbocycles. The van der Waals surface area contributed by atoms with Crippen molar-refractivity contribution in [2.24, 2.45) is 7.05 Å². The first-order valence-electron chi connectivity index (χ1n) is 8.67. The molecule has 6 nitrogen and oxygen atoms in total. The molecule has 0 atom stereocenters. The van der Waals surface area contributed by atoms with Gasteiger partial charge in [-0.1, -0.05) is 24.3 Å². The van der Waals surface area contributed by atoms with Gasteiger partial charge in [0.2, 0.25) is 5.43 Å². The van der Waals surface area contributed by atoms with Crippen LogP contribution in [0.3, 0.4) is 0 Å². The van der Waals surface area contributed by atoms with Crippen molar-refractivity contribution in [2.45, 2.75) is 6.92 Å². The highest BCUT2D eigenvalue weighted by Crippen LogP contribution is 2.24. The maximum Gasteiger partial charge on any atom is 0.280 e. The molecule has 0 bridgehead atoms. The van der Waals surface area contributed by atoms with Gasteiger partial charge >= 0.3 is 0 Å². The molecular formula is C21H17FN4O2. The number of benzene rings is 2. The van der Waals surface area contributed by atoms with Crippen molar-refractivity contribution in [1.82, 2.24) is 14.3 Å². The third kappa shape index (κ3) is 2.96. The van der Waals surface area contributed by atoms with Crippen molar-refractivity contribution in [3.63, 3.8) is 0 Å². The van der Waals surface area contributed by atoms with Crippen LogP contribution in [0, 0.1) is 12.7 Å². The van der Waals surface area contributed by atoms with E-state index >= 15 is 0 Å². The minimum atomic E-state index is -0.649. The Morgan fingerprint density at radius 1 is 1.11 bits per heavy atom. The summed E-state index contributed by atoms with van der Waals surface area (Å²) in [4.78, 5) is 25.2. The molecule has 7 heteroatoms. The number of hydrogen-bond acceptors (Lipinski definition) is 3. The zero-order valence-corrected chi connectivity index (χ0v) is 15.3. The number of nitrogens with one attached hydrogen (secondary N) is 1. The Bertz CT molecular complexity index is 1270. The Kier molecular flexibility index (Phi) is 4.27. The lowest BCUT2D eigenvalue weighted by Crippen LogP contribution is -2.27. The molecule has 0 fully saturated rings. The first-order chi connectivity index (χ1) is 13.5. The highest BCUT2D eigenvalue weighted by molar-refractivity contribution is 6.07. The number of aryl methyl sites for hydroxylation is 2. The molecular weight excluding hydrogens is 359 g/mol. The fourth-order valence-corrected chi connectivity index (χ4v) is 3.21. The van der Waals surface area contributed by atoms with Crippen LogP contribution in [0.15, 0.2) is 65.6 Å². The molecule has 0 aliphatic carbocycles. The van der Waals surface area contributed by atoms with Crippen molar-refractivity contribution in [3.05, 3.63) is 88.2 Å². The minimum Gasteiger partial charge on any atom is -0.349 e. The zero-order valence-electron chi connectivity index (χ0n) is 15.3. The quantitative estimate of drug-likeness (QED) is 0.596. The van der Waals surface area contributed by atoms with Gasteiger partial charge in [0.05, 0.1) is 11.2 Å². The normalized spacial score (nSPS) is 11.0. The van der Waals surface area contributed by atoms with Gasteiger partial charge in [-0.3, -0.25) is 9.59 Å². The second kappa shape index (κ2) is 6.77. The number of carbonyl (C=O) groups excluding carboxylic acids is 1. The number of fused-ring (bicyclic) bond motifs is 1. The van der Waals surface area contributed by atoms with Crippen LogP contribution < -0.4 is 10.7 Å². The van der Waals surface area contributed by atoms with Crippen LogP contribution in [0.4, 0.5) is 10.1 Å². The smallest absolute Gasteiger partial charge is 0.280 e. The van der Waals surface area contributed by atoms with Crippen LogP contribution in [0.25, 0.3) is 16.6 Å². The summed E-state index contributed by atoms with van der Waals surface area (Å²) in [6.45, 7) is 1.63. The van der Waals surface area contributed by atoms with Gasteiger partial charge in [-0.05, 0) is 31.2 Å². The van der Waals surface area contributed by atoms with E-state index in [2.05, 4.69) is 10.4 Å². The summed E-state index contributed by atoms with van der Waals surface area (Å²) in [7, 11) is 1.87. The number of rotatable bonds is 3. The molecule has 0 saturated carbocycles. The Labute approximate surface area is 159 Å². The predicted octanol–water partition coefficient (Wildman–Crippen LogP) is 3.42.